The molecule has 2 unspecified atom stereocenters. The number of hydroxylamine groups is 1. The van der Waals surface area contributed by atoms with Gasteiger partial charge in [-0.3, -0.25) is 10.3 Å². The molecule has 2 aromatic rings. The number of halogens is 5. The van der Waals surface area contributed by atoms with Crippen LogP contribution in [0.4, 0.5) is 13.2 Å². The molecule has 0 spiro atoms. The minimum atomic E-state index is -4.73. The lowest BCUT2D eigenvalue weighted by Crippen LogP contribution is -2.42. The fraction of sp³-hybridized carbons (Fsp3) is 0.263. The summed E-state index contributed by atoms with van der Waals surface area (Å²) >= 11 is 11.8. The van der Waals surface area contributed by atoms with Crippen LogP contribution in [-0.2, 0) is 16.9 Å². The summed E-state index contributed by atoms with van der Waals surface area (Å²) < 4.78 is 42.0. The van der Waals surface area contributed by atoms with Crippen molar-refractivity contribution in [2.24, 2.45) is 5.73 Å². The molecule has 3 nitrogen and oxygen atoms in total. The first kappa shape index (κ1) is 18.6. The summed E-state index contributed by atoms with van der Waals surface area (Å²) in [6.45, 7) is 0. The van der Waals surface area contributed by atoms with Gasteiger partial charge >= 0.3 is 6.18 Å². The lowest BCUT2D eigenvalue weighted by Gasteiger charge is -2.28. The number of hydrogen-bond donors (Lipinski definition) is 2. The lowest BCUT2D eigenvalue weighted by atomic mass is 9.91. The molecule has 3 N–H and O–H groups in total. The Kier molecular flexibility index (Phi) is 4.42. The van der Waals surface area contributed by atoms with E-state index in [2.05, 4.69) is 5.48 Å². The van der Waals surface area contributed by atoms with Gasteiger partial charge in [0.15, 0.2) is 0 Å². The Morgan fingerprint density at radius 3 is 2.48 bits per heavy atom. The Morgan fingerprint density at radius 1 is 1.11 bits per heavy atom. The largest absolute Gasteiger partial charge is 0.428 e. The molecular weight excluding hydrogens is 400 g/mol. The van der Waals surface area contributed by atoms with Crippen LogP contribution in [0, 0.1) is 0 Å². The Labute approximate surface area is 163 Å². The van der Waals surface area contributed by atoms with E-state index in [1.54, 1.807) is 6.07 Å². The molecule has 4 rings (SSSR count). The van der Waals surface area contributed by atoms with Crippen LogP contribution in [0.1, 0.15) is 34.7 Å². The second kappa shape index (κ2) is 6.41. The predicted octanol–water partition coefficient (Wildman–Crippen LogP) is 5.27. The first-order chi connectivity index (χ1) is 12.7. The zero-order valence-electron chi connectivity index (χ0n) is 13.9. The van der Waals surface area contributed by atoms with Crippen LogP contribution >= 0.6 is 23.2 Å². The molecule has 0 amide bonds. The summed E-state index contributed by atoms with van der Waals surface area (Å²) in [6, 6.07) is 9.18. The fourth-order valence-electron chi connectivity index (χ4n) is 3.57. The standard InChI is InChI=1S/C19H15Cl2F3N2O/c20-13-6-12(7-14(21)8-13)18(19(22,23)24)9-17(26-27-18)11-1-3-15-10(5-11)2-4-16(15)25/h1,3,5-9,16,26H,2,4,25H2. The first-order valence-corrected chi connectivity index (χ1v) is 9.04. The van der Waals surface area contributed by atoms with Gasteiger partial charge in [0.05, 0.1) is 5.70 Å². The van der Waals surface area contributed by atoms with E-state index in [-0.39, 0.29) is 27.3 Å². The minimum absolute atomic E-state index is 0.0290. The molecule has 1 aliphatic heterocycles. The van der Waals surface area contributed by atoms with Crippen molar-refractivity contribution in [3.63, 3.8) is 0 Å². The quantitative estimate of drug-likeness (QED) is 0.703. The summed E-state index contributed by atoms with van der Waals surface area (Å²) in [4.78, 5) is 5.10. The maximum absolute atomic E-state index is 14.0. The number of rotatable bonds is 2. The Balaban J connectivity index is 1.81. The third kappa shape index (κ3) is 3.10. The van der Waals surface area contributed by atoms with Crippen molar-refractivity contribution in [2.75, 3.05) is 0 Å². The lowest BCUT2D eigenvalue weighted by molar-refractivity contribution is -0.269. The van der Waals surface area contributed by atoms with Gasteiger partial charge in [0.2, 0.25) is 5.60 Å². The molecule has 27 heavy (non-hydrogen) atoms. The van der Waals surface area contributed by atoms with E-state index in [0.29, 0.717) is 5.56 Å². The normalized spacial score (nSPS) is 24.5. The molecule has 2 aromatic carbocycles. The number of nitrogens with one attached hydrogen (secondary N) is 1. The average molecular weight is 415 g/mol. The van der Waals surface area contributed by atoms with Crippen LogP contribution in [0.15, 0.2) is 42.5 Å². The van der Waals surface area contributed by atoms with Crippen LogP contribution in [0.3, 0.4) is 0 Å². The highest BCUT2D eigenvalue weighted by molar-refractivity contribution is 6.34. The van der Waals surface area contributed by atoms with Gasteiger partial charge in [-0.05, 0) is 59.9 Å². The molecule has 0 aromatic heterocycles. The number of aryl methyl sites for hydroxylation is 1. The van der Waals surface area contributed by atoms with E-state index in [0.717, 1.165) is 30.0 Å². The molecule has 142 valence electrons. The number of nitrogens with two attached hydrogens (primary N) is 1. The summed E-state index contributed by atoms with van der Waals surface area (Å²) in [7, 11) is 0. The van der Waals surface area contributed by atoms with Crippen molar-refractivity contribution >= 4 is 28.9 Å². The average Bonchev–Trinajstić information content (AvgIpc) is 3.19. The summed E-state index contributed by atoms with van der Waals surface area (Å²) in [6.07, 6.45) is -2.08. The van der Waals surface area contributed by atoms with Crippen LogP contribution in [0.5, 0.6) is 0 Å². The van der Waals surface area contributed by atoms with Gasteiger partial charge in [0.25, 0.3) is 0 Å². The second-order valence-electron chi connectivity index (χ2n) is 6.71. The van der Waals surface area contributed by atoms with Crippen molar-refractivity contribution in [1.82, 2.24) is 5.48 Å². The van der Waals surface area contributed by atoms with E-state index in [4.69, 9.17) is 33.8 Å². The highest BCUT2D eigenvalue weighted by atomic mass is 35.5. The molecule has 1 heterocycles. The summed E-state index contributed by atoms with van der Waals surface area (Å²) in [5.41, 5.74) is 8.47. The number of fused-ring (bicyclic) bond motifs is 1. The molecule has 0 bridgehead atoms. The van der Waals surface area contributed by atoms with E-state index in [1.807, 2.05) is 12.1 Å². The van der Waals surface area contributed by atoms with Gasteiger partial charge in [-0.15, -0.1) is 0 Å². The summed E-state index contributed by atoms with van der Waals surface area (Å²) in [5.74, 6) is 0. The maximum Gasteiger partial charge on any atom is 0.428 e. The van der Waals surface area contributed by atoms with E-state index < -0.39 is 11.8 Å². The van der Waals surface area contributed by atoms with Gasteiger partial charge in [-0.2, -0.15) is 13.2 Å². The fourth-order valence-corrected chi connectivity index (χ4v) is 4.10. The number of alkyl halides is 3. The molecule has 0 fully saturated rings. The zero-order valence-corrected chi connectivity index (χ0v) is 15.4. The molecule has 0 saturated carbocycles. The number of hydrogen-bond acceptors (Lipinski definition) is 3. The molecular formula is C19H15Cl2F3N2O. The molecule has 2 atom stereocenters. The highest BCUT2D eigenvalue weighted by Crippen LogP contribution is 2.48. The van der Waals surface area contributed by atoms with Gasteiger partial charge in [-0.25, -0.2) is 0 Å². The monoisotopic (exact) mass is 414 g/mol. The van der Waals surface area contributed by atoms with Crippen molar-refractivity contribution < 1.29 is 18.0 Å². The van der Waals surface area contributed by atoms with Crippen LogP contribution in [0.2, 0.25) is 10.0 Å². The van der Waals surface area contributed by atoms with Crippen LogP contribution < -0.4 is 11.2 Å². The van der Waals surface area contributed by atoms with E-state index in [1.165, 1.54) is 18.2 Å². The Bertz CT molecular complexity index is 925. The van der Waals surface area contributed by atoms with Gasteiger partial charge < -0.3 is 5.73 Å². The van der Waals surface area contributed by atoms with Crippen molar-refractivity contribution in [3.05, 3.63) is 74.8 Å². The van der Waals surface area contributed by atoms with E-state index in [9.17, 15) is 13.2 Å². The van der Waals surface area contributed by atoms with Gasteiger partial charge in [-0.1, -0.05) is 35.3 Å². The van der Waals surface area contributed by atoms with Gasteiger partial charge in [0.1, 0.15) is 0 Å². The Hall–Kier alpha value is -1.73. The SMILES string of the molecule is NC1CCc2cc(C3=CC(c4cc(Cl)cc(Cl)c4)(C(F)(F)F)ON3)ccc21. The van der Waals surface area contributed by atoms with Crippen LogP contribution in [0.25, 0.3) is 5.70 Å². The molecule has 8 heteroatoms. The second-order valence-corrected chi connectivity index (χ2v) is 7.59. The predicted molar refractivity (Wildman–Crippen MR) is 98.1 cm³/mol. The van der Waals surface area contributed by atoms with Crippen molar-refractivity contribution in [3.8, 4) is 0 Å². The molecule has 0 saturated heterocycles. The Morgan fingerprint density at radius 2 is 1.81 bits per heavy atom. The molecule has 1 aliphatic carbocycles. The van der Waals surface area contributed by atoms with E-state index >= 15 is 0 Å². The van der Waals surface area contributed by atoms with Crippen molar-refractivity contribution in [2.45, 2.75) is 30.7 Å². The highest BCUT2D eigenvalue weighted by Gasteiger charge is 2.59. The molecule has 0 radical (unpaired) electrons. The topological polar surface area (TPSA) is 47.3 Å². The van der Waals surface area contributed by atoms with Gasteiger partial charge in [0, 0.05) is 21.7 Å². The molecule has 2 aliphatic rings. The minimum Gasteiger partial charge on any atom is -0.324 e. The smallest absolute Gasteiger partial charge is 0.324 e. The maximum atomic E-state index is 14.0. The van der Waals surface area contributed by atoms with Crippen molar-refractivity contribution in [1.29, 1.82) is 0 Å². The third-order valence-corrected chi connectivity index (χ3v) is 5.40. The first-order valence-electron chi connectivity index (χ1n) is 8.28. The summed E-state index contributed by atoms with van der Waals surface area (Å²) in [5, 5.41) is 0.191. The third-order valence-electron chi connectivity index (χ3n) is 4.96. The van der Waals surface area contributed by atoms with Crippen LogP contribution in [-0.4, -0.2) is 6.18 Å². The number of benzene rings is 2. The zero-order chi connectivity index (χ0) is 19.4.